The highest BCUT2D eigenvalue weighted by Gasteiger charge is 2.09. The van der Waals surface area contributed by atoms with Crippen LogP contribution in [0.3, 0.4) is 0 Å². The Labute approximate surface area is 119 Å². The van der Waals surface area contributed by atoms with Crippen molar-refractivity contribution in [2.75, 3.05) is 6.61 Å². The fourth-order valence-corrected chi connectivity index (χ4v) is 2.82. The maximum Gasteiger partial charge on any atom is 0.210 e. The quantitative estimate of drug-likeness (QED) is 0.765. The van der Waals surface area contributed by atoms with Gasteiger partial charge in [0.2, 0.25) is 5.78 Å². The zero-order chi connectivity index (χ0) is 13.0. The molecule has 0 saturated heterocycles. The van der Waals surface area contributed by atoms with Gasteiger partial charge in [0.05, 0.1) is 8.66 Å². The standard InChI is InChI=1S/C14H13BrO2S/c1-2-10-3-5-11(6-4-10)17-9-12(16)13-7-8-14(15)18-13/h3-8H,2,9H2,1H3. The number of ether oxygens (including phenoxy) is 1. The lowest BCUT2D eigenvalue weighted by Crippen LogP contribution is -2.09. The summed E-state index contributed by atoms with van der Waals surface area (Å²) in [5, 5.41) is 0. The van der Waals surface area contributed by atoms with Crippen molar-refractivity contribution in [3.63, 3.8) is 0 Å². The third-order valence-electron chi connectivity index (χ3n) is 2.55. The Bertz CT molecular complexity index is 531. The fourth-order valence-electron chi connectivity index (χ4n) is 1.51. The number of ketones is 1. The maximum absolute atomic E-state index is 11.8. The molecule has 0 aliphatic carbocycles. The van der Waals surface area contributed by atoms with Crippen LogP contribution in [0, 0.1) is 0 Å². The summed E-state index contributed by atoms with van der Waals surface area (Å²) in [5.74, 6) is 0.737. The average Bonchev–Trinajstić information content (AvgIpc) is 2.83. The molecule has 94 valence electrons. The van der Waals surface area contributed by atoms with Crippen molar-refractivity contribution >= 4 is 33.0 Å². The summed E-state index contributed by atoms with van der Waals surface area (Å²) >= 11 is 4.76. The molecule has 0 amide bonds. The molecule has 0 fully saturated rings. The summed E-state index contributed by atoms with van der Waals surface area (Å²) < 4.78 is 6.43. The zero-order valence-electron chi connectivity index (χ0n) is 9.98. The van der Waals surface area contributed by atoms with E-state index in [2.05, 4.69) is 22.9 Å². The van der Waals surface area contributed by atoms with Gasteiger partial charge in [0, 0.05) is 0 Å². The predicted molar refractivity (Wildman–Crippen MR) is 77.7 cm³/mol. The van der Waals surface area contributed by atoms with Gasteiger partial charge >= 0.3 is 0 Å². The number of rotatable bonds is 5. The van der Waals surface area contributed by atoms with E-state index in [9.17, 15) is 4.79 Å². The summed E-state index contributed by atoms with van der Waals surface area (Å²) in [5.41, 5.74) is 1.26. The zero-order valence-corrected chi connectivity index (χ0v) is 12.4. The van der Waals surface area contributed by atoms with E-state index in [4.69, 9.17) is 4.74 Å². The molecule has 1 heterocycles. The van der Waals surface area contributed by atoms with Crippen molar-refractivity contribution in [1.82, 2.24) is 0 Å². The van der Waals surface area contributed by atoms with Crippen molar-refractivity contribution in [2.24, 2.45) is 0 Å². The van der Waals surface area contributed by atoms with Gasteiger partial charge in [0.25, 0.3) is 0 Å². The fraction of sp³-hybridized carbons (Fsp3) is 0.214. The van der Waals surface area contributed by atoms with Crippen molar-refractivity contribution in [3.05, 3.63) is 50.6 Å². The Morgan fingerprint density at radius 1 is 1.22 bits per heavy atom. The highest BCUT2D eigenvalue weighted by Crippen LogP contribution is 2.22. The number of carbonyl (C=O) groups excluding carboxylic acids is 1. The third kappa shape index (κ3) is 3.43. The van der Waals surface area contributed by atoms with Gasteiger partial charge < -0.3 is 4.74 Å². The average molecular weight is 325 g/mol. The summed E-state index contributed by atoms with van der Waals surface area (Å²) in [6.45, 7) is 2.19. The summed E-state index contributed by atoms with van der Waals surface area (Å²) in [6, 6.07) is 11.5. The molecule has 2 rings (SSSR count). The molecule has 4 heteroatoms. The first kappa shape index (κ1) is 13.3. The molecule has 2 aromatic rings. The van der Waals surface area contributed by atoms with Crippen LogP contribution in [-0.2, 0) is 6.42 Å². The molecule has 0 atom stereocenters. The maximum atomic E-state index is 11.8. The minimum absolute atomic E-state index is 0.00488. The molecule has 1 aromatic carbocycles. The minimum Gasteiger partial charge on any atom is -0.485 e. The first-order valence-electron chi connectivity index (χ1n) is 5.69. The Kier molecular flexibility index (Phi) is 4.55. The summed E-state index contributed by atoms with van der Waals surface area (Å²) in [6.07, 6.45) is 1.00. The molecule has 0 spiro atoms. The molecule has 0 radical (unpaired) electrons. The second-order valence-electron chi connectivity index (χ2n) is 3.81. The lowest BCUT2D eigenvalue weighted by molar-refractivity contribution is 0.0925. The van der Waals surface area contributed by atoms with E-state index in [-0.39, 0.29) is 12.4 Å². The summed E-state index contributed by atoms with van der Waals surface area (Å²) in [4.78, 5) is 12.5. The van der Waals surface area contributed by atoms with Crippen LogP contribution in [0.25, 0.3) is 0 Å². The highest BCUT2D eigenvalue weighted by atomic mass is 79.9. The topological polar surface area (TPSA) is 26.3 Å². The Hall–Kier alpha value is -1.13. The smallest absolute Gasteiger partial charge is 0.210 e. The Morgan fingerprint density at radius 2 is 1.94 bits per heavy atom. The van der Waals surface area contributed by atoms with Crippen LogP contribution >= 0.6 is 27.3 Å². The molecule has 0 N–H and O–H groups in total. The molecule has 0 saturated carbocycles. The number of hydrogen-bond acceptors (Lipinski definition) is 3. The minimum atomic E-state index is 0.00488. The van der Waals surface area contributed by atoms with E-state index < -0.39 is 0 Å². The van der Waals surface area contributed by atoms with Crippen LogP contribution in [0.15, 0.2) is 40.2 Å². The number of thiophene rings is 1. The van der Waals surface area contributed by atoms with Crippen LogP contribution in [0.2, 0.25) is 0 Å². The van der Waals surface area contributed by atoms with Crippen molar-refractivity contribution in [2.45, 2.75) is 13.3 Å². The number of benzene rings is 1. The van der Waals surface area contributed by atoms with E-state index in [1.165, 1.54) is 16.9 Å². The van der Waals surface area contributed by atoms with E-state index >= 15 is 0 Å². The molecule has 0 bridgehead atoms. The van der Waals surface area contributed by atoms with E-state index in [0.29, 0.717) is 4.88 Å². The van der Waals surface area contributed by atoms with Gasteiger partial charge in [-0.15, -0.1) is 11.3 Å². The molecular formula is C14H13BrO2S. The number of aryl methyl sites for hydroxylation is 1. The Balaban J connectivity index is 1.92. The molecule has 0 unspecified atom stereocenters. The van der Waals surface area contributed by atoms with Crippen LogP contribution in [0.4, 0.5) is 0 Å². The summed E-state index contributed by atoms with van der Waals surface area (Å²) in [7, 11) is 0. The monoisotopic (exact) mass is 324 g/mol. The van der Waals surface area contributed by atoms with Crippen molar-refractivity contribution < 1.29 is 9.53 Å². The lowest BCUT2D eigenvalue weighted by atomic mass is 10.2. The number of Topliss-reactive ketones (excluding diaryl/α,β-unsaturated/α-hetero) is 1. The first-order valence-corrected chi connectivity index (χ1v) is 7.30. The normalized spacial score (nSPS) is 10.3. The largest absolute Gasteiger partial charge is 0.485 e. The third-order valence-corrected chi connectivity index (χ3v) is 4.21. The van der Waals surface area contributed by atoms with Crippen LogP contribution in [0.1, 0.15) is 22.2 Å². The van der Waals surface area contributed by atoms with Crippen molar-refractivity contribution in [3.8, 4) is 5.75 Å². The van der Waals surface area contributed by atoms with Gasteiger partial charge in [0.1, 0.15) is 5.75 Å². The van der Waals surface area contributed by atoms with E-state index in [0.717, 1.165) is 16.0 Å². The molecule has 0 aliphatic heterocycles. The van der Waals surface area contributed by atoms with Gasteiger partial charge in [-0.2, -0.15) is 0 Å². The van der Waals surface area contributed by atoms with E-state index in [1.54, 1.807) is 6.07 Å². The van der Waals surface area contributed by atoms with Gasteiger partial charge in [-0.05, 0) is 52.2 Å². The predicted octanol–water partition coefficient (Wildman–Crippen LogP) is 4.33. The molecule has 0 aliphatic rings. The SMILES string of the molecule is CCc1ccc(OCC(=O)c2ccc(Br)s2)cc1. The molecular weight excluding hydrogens is 312 g/mol. The van der Waals surface area contributed by atoms with Crippen molar-refractivity contribution in [1.29, 1.82) is 0 Å². The molecule has 1 aromatic heterocycles. The number of halogens is 1. The van der Waals surface area contributed by atoms with Gasteiger partial charge in [0.15, 0.2) is 6.61 Å². The highest BCUT2D eigenvalue weighted by molar-refractivity contribution is 9.11. The second-order valence-corrected chi connectivity index (χ2v) is 6.28. The van der Waals surface area contributed by atoms with Gasteiger partial charge in [-0.25, -0.2) is 0 Å². The van der Waals surface area contributed by atoms with Gasteiger partial charge in [-0.1, -0.05) is 19.1 Å². The Morgan fingerprint density at radius 3 is 2.50 bits per heavy atom. The number of carbonyl (C=O) groups is 1. The van der Waals surface area contributed by atoms with Crippen LogP contribution in [-0.4, -0.2) is 12.4 Å². The number of hydrogen-bond donors (Lipinski definition) is 0. The molecule has 2 nitrogen and oxygen atoms in total. The second kappa shape index (κ2) is 6.16. The van der Waals surface area contributed by atoms with E-state index in [1.807, 2.05) is 30.3 Å². The lowest BCUT2D eigenvalue weighted by Gasteiger charge is -2.05. The first-order chi connectivity index (χ1) is 8.69. The van der Waals surface area contributed by atoms with Crippen LogP contribution < -0.4 is 4.74 Å². The van der Waals surface area contributed by atoms with Crippen LogP contribution in [0.5, 0.6) is 5.75 Å². The molecule has 18 heavy (non-hydrogen) atoms. The van der Waals surface area contributed by atoms with Gasteiger partial charge in [-0.3, -0.25) is 4.79 Å².